The number of carbonyl (C=O) groups is 1. The van der Waals surface area contributed by atoms with Crippen LogP contribution in [0.5, 0.6) is 11.5 Å². The van der Waals surface area contributed by atoms with E-state index < -0.39 is 28.5 Å². The predicted octanol–water partition coefficient (Wildman–Crippen LogP) is 4.78. The lowest BCUT2D eigenvalue weighted by atomic mass is 9.89. The minimum absolute atomic E-state index is 0.0772. The highest BCUT2D eigenvalue weighted by molar-refractivity contribution is 6.36. The summed E-state index contributed by atoms with van der Waals surface area (Å²) in [4.78, 5) is 31.9. The van der Waals surface area contributed by atoms with E-state index in [0.717, 1.165) is 18.6 Å². The molecule has 9 nitrogen and oxygen atoms in total. The Bertz CT molecular complexity index is 1560. The van der Waals surface area contributed by atoms with Gasteiger partial charge >= 0.3 is 6.09 Å². The molecular weight excluding hydrogens is 538 g/mol. The molecule has 2 aliphatic heterocycles. The zero-order chi connectivity index (χ0) is 28.7. The number of amides is 1. The summed E-state index contributed by atoms with van der Waals surface area (Å²) in [5.74, 6) is -2.26. The zero-order valence-corrected chi connectivity index (χ0v) is 23.4. The van der Waals surface area contributed by atoms with Crippen molar-refractivity contribution in [2.45, 2.75) is 56.8 Å². The molecule has 2 saturated heterocycles. The Kier molecular flexibility index (Phi) is 7.37. The van der Waals surface area contributed by atoms with Crippen molar-refractivity contribution in [2.75, 3.05) is 19.7 Å². The van der Waals surface area contributed by atoms with Crippen molar-refractivity contribution in [1.29, 1.82) is 5.26 Å². The smallest absolute Gasteiger partial charge is 0.410 e. The maximum atomic E-state index is 14.3. The van der Waals surface area contributed by atoms with Gasteiger partial charge in [-0.05, 0) is 75.9 Å². The van der Waals surface area contributed by atoms with E-state index in [1.807, 2.05) is 20.8 Å². The topological polar surface area (TPSA) is 107 Å². The Labute approximate surface area is 232 Å². The summed E-state index contributed by atoms with van der Waals surface area (Å²) in [6.07, 6.45) is 3.33. The van der Waals surface area contributed by atoms with E-state index in [1.165, 1.54) is 18.5 Å². The Hall–Kier alpha value is -3.82. The Balaban J connectivity index is 1.28. The van der Waals surface area contributed by atoms with E-state index >= 15 is 0 Å². The van der Waals surface area contributed by atoms with Gasteiger partial charge in [0.1, 0.15) is 28.8 Å². The van der Waals surface area contributed by atoms with Gasteiger partial charge in [0.05, 0.1) is 22.8 Å². The molecule has 0 bridgehead atoms. The molecule has 1 spiro atoms. The van der Waals surface area contributed by atoms with Crippen molar-refractivity contribution < 1.29 is 27.8 Å². The summed E-state index contributed by atoms with van der Waals surface area (Å²) in [6, 6.07) is 7.78. The molecule has 40 heavy (non-hydrogen) atoms. The second-order valence-electron chi connectivity index (χ2n) is 11.0. The van der Waals surface area contributed by atoms with Crippen LogP contribution in [0, 0.1) is 23.0 Å². The van der Waals surface area contributed by atoms with Crippen LogP contribution in [0.15, 0.2) is 41.5 Å². The van der Waals surface area contributed by atoms with Crippen LogP contribution in [-0.4, -0.2) is 60.8 Å². The van der Waals surface area contributed by atoms with Crippen LogP contribution in [-0.2, 0) is 9.47 Å². The summed E-state index contributed by atoms with van der Waals surface area (Å²) in [5, 5.41) is 9.48. The minimum Gasteiger partial charge on any atom is -0.453 e. The fraction of sp³-hybridized carbons (Fsp3) is 0.429. The third-order valence-corrected chi connectivity index (χ3v) is 8.31. The van der Waals surface area contributed by atoms with Gasteiger partial charge in [-0.15, -0.1) is 0 Å². The number of hydrogen-bond acceptors (Lipinski definition) is 7. The van der Waals surface area contributed by atoms with E-state index in [9.17, 15) is 23.6 Å². The number of piperidine rings is 1. The van der Waals surface area contributed by atoms with Crippen LogP contribution < -0.4 is 10.3 Å². The summed E-state index contributed by atoms with van der Waals surface area (Å²) < 4.78 is 47.0. The largest absolute Gasteiger partial charge is 0.453 e. The third kappa shape index (κ3) is 5.71. The molecule has 2 radical (unpaired) electrons. The normalized spacial score (nSPS) is 18.6. The van der Waals surface area contributed by atoms with E-state index in [2.05, 4.69) is 4.98 Å². The van der Waals surface area contributed by atoms with Crippen LogP contribution in [0.25, 0.3) is 10.9 Å². The van der Waals surface area contributed by atoms with Gasteiger partial charge in [-0.1, -0.05) is 0 Å². The van der Waals surface area contributed by atoms with Crippen molar-refractivity contribution in [1.82, 2.24) is 14.1 Å². The third-order valence-electron chi connectivity index (χ3n) is 6.98. The second-order valence-corrected chi connectivity index (χ2v) is 12.6. The highest BCUT2D eigenvalue weighted by Crippen LogP contribution is 2.41. The van der Waals surface area contributed by atoms with E-state index in [-0.39, 0.29) is 43.6 Å². The average Bonchev–Trinajstić information content (AvgIpc) is 3.29. The number of nitriles is 1. The summed E-state index contributed by atoms with van der Waals surface area (Å²) in [7, 11) is 0.0826. The minimum atomic E-state index is -0.906. The van der Waals surface area contributed by atoms with Crippen LogP contribution >= 0.6 is 0 Å². The van der Waals surface area contributed by atoms with Gasteiger partial charge in [0.15, 0.2) is 21.2 Å². The maximum Gasteiger partial charge on any atom is 0.410 e. The number of carbonyl (C=O) groups excluding carboxylic acids is 1. The van der Waals surface area contributed by atoms with Gasteiger partial charge < -0.3 is 23.3 Å². The molecule has 208 valence electrons. The Morgan fingerprint density at radius 3 is 2.62 bits per heavy atom. The number of benzene rings is 2. The van der Waals surface area contributed by atoms with Gasteiger partial charge in [-0.25, -0.2) is 18.6 Å². The van der Waals surface area contributed by atoms with Crippen molar-refractivity contribution >= 4 is 26.7 Å². The number of rotatable bonds is 4. The van der Waals surface area contributed by atoms with Crippen LogP contribution in [0.1, 0.15) is 45.6 Å². The molecule has 2 aromatic carbocycles. The fourth-order valence-corrected chi connectivity index (χ4v) is 6.38. The van der Waals surface area contributed by atoms with Gasteiger partial charge in [0.25, 0.3) is 5.56 Å². The lowest BCUT2D eigenvalue weighted by molar-refractivity contribution is -0.0484. The number of likely N-dealkylation sites (tertiary alicyclic amines) is 1. The number of nitrogens with zero attached hydrogens (tertiary/aromatic N) is 4. The zero-order valence-electron chi connectivity index (χ0n) is 22.4. The first-order valence-corrected chi connectivity index (χ1v) is 14.0. The lowest BCUT2D eigenvalue weighted by Gasteiger charge is -2.39. The fourth-order valence-electron chi connectivity index (χ4n) is 5.01. The quantitative estimate of drug-likeness (QED) is 0.418. The van der Waals surface area contributed by atoms with E-state index in [4.69, 9.17) is 14.2 Å². The molecule has 2 aliphatic rings. The van der Waals surface area contributed by atoms with E-state index in [1.54, 1.807) is 21.3 Å². The van der Waals surface area contributed by atoms with Gasteiger partial charge in [0.2, 0.25) is 0 Å². The molecule has 1 amide bonds. The van der Waals surface area contributed by atoms with Crippen molar-refractivity contribution in [3.05, 3.63) is 64.2 Å². The Morgan fingerprint density at radius 2 is 1.93 bits per heavy atom. The molecule has 12 heteroatoms. The van der Waals surface area contributed by atoms with Crippen molar-refractivity contribution in [3.63, 3.8) is 0 Å². The predicted molar refractivity (Wildman–Crippen MR) is 142 cm³/mol. The number of halogens is 2. The maximum absolute atomic E-state index is 14.3. The first kappa shape index (κ1) is 27.7. The van der Waals surface area contributed by atoms with Crippen LogP contribution in [0.2, 0.25) is 5.54 Å². The van der Waals surface area contributed by atoms with Gasteiger partial charge in [-0.3, -0.25) is 4.79 Å². The van der Waals surface area contributed by atoms with Crippen molar-refractivity contribution in [2.24, 2.45) is 0 Å². The molecule has 0 N–H and O–H groups in total. The van der Waals surface area contributed by atoms with E-state index in [0.29, 0.717) is 38.1 Å². The molecular formula is C28H28F2N4O5Si. The molecule has 0 saturated carbocycles. The van der Waals surface area contributed by atoms with Gasteiger partial charge in [-0.2, -0.15) is 5.26 Å². The monoisotopic (exact) mass is 566 g/mol. The molecule has 3 aromatic rings. The number of hydrogen-bond donors (Lipinski definition) is 0. The first-order chi connectivity index (χ1) is 19.0. The number of aromatic nitrogens is 2. The Morgan fingerprint density at radius 1 is 1.20 bits per heavy atom. The highest BCUT2D eigenvalue weighted by Gasteiger charge is 2.44. The average molecular weight is 567 g/mol. The van der Waals surface area contributed by atoms with Crippen molar-refractivity contribution in [3.8, 4) is 17.6 Å². The molecule has 5 rings (SSSR count). The summed E-state index contributed by atoms with van der Waals surface area (Å²) >= 11 is 0. The molecule has 2 fully saturated rings. The SMILES string of the molecule is CC(C)(C)OC(=O)N1CCC2(CC1)C[C@H]([Si]n1cnc3ccc(Oc4c(F)ccc(F)c4C#N)cc3c1=O)CO2. The molecule has 1 aromatic heterocycles. The highest BCUT2D eigenvalue weighted by atomic mass is 28.2. The summed E-state index contributed by atoms with van der Waals surface area (Å²) in [6.45, 7) is 7.11. The standard InChI is InChI=1S/C28H28F2N4O5Si/c1-27(2,3)39-26(36)33-10-8-28(9-11-33)13-18(15-37-28)40-34-16-32-23-7-4-17(12-19(23)25(34)35)38-24-20(14-31)21(29)5-6-22(24)30/h4-7,12,16,18H,8-11,13,15H2,1-3H3/t18-/m0/s1. The van der Waals surface area contributed by atoms with Crippen LogP contribution in [0.3, 0.4) is 0 Å². The summed E-state index contributed by atoms with van der Waals surface area (Å²) in [5.41, 5.74) is -1.22. The lowest BCUT2D eigenvalue weighted by Crippen LogP contribution is -2.47. The molecule has 0 unspecified atom stereocenters. The molecule has 3 heterocycles. The number of fused-ring (bicyclic) bond motifs is 1. The number of ether oxygens (including phenoxy) is 3. The first-order valence-electron chi connectivity index (χ1n) is 12.9. The second kappa shape index (κ2) is 10.6. The molecule has 0 aliphatic carbocycles. The van der Waals surface area contributed by atoms with Gasteiger partial charge in [0, 0.05) is 19.7 Å². The molecule has 1 atom stereocenters. The van der Waals surface area contributed by atoms with Crippen LogP contribution in [0.4, 0.5) is 13.6 Å².